The summed E-state index contributed by atoms with van der Waals surface area (Å²) in [5, 5.41) is 41.9. The number of rotatable bonds is 10. The van der Waals surface area contributed by atoms with Crippen LogP contribution in [0.15, 0.2) is 100 Å². The Labute approximate surface area is 468 Å². The molecule has 0 radical (unpaired) electrons. The van der Waals surface area contributed by atoms with E-state index in [2.05, 4.69) is 70.8 Å². The topological polar surface area (TPSA) is 200 Å². The van der Waals surface area contributed by atoms with Crippen LogP contribution in [0.2, 0.25) is 0 Å². The Morgan fingerprint density at radius 3 is 2.59 bits per heavy atom. The molecule has 5 fully saturated rings. The monoisotopic (exact) mass is 1080 g/mol. The highest BCUT2D eigenvalue weighted by atomic mass is 16.7. The summed E-state index contributed by atoms with van der Waals surface area (Å²) in [7, 11) is 2.00. The lowest BCUT2D eigenvalue weighted by Gasteiger charge is -2.60. The largest absolute Gasteiger partial charge is 0.459 e. The number of fused-ring (bicyclic) bond motifs is 2. The van der Waals surface area contributed by atoms with Gasteiger partial charge in [0, 0.05) is 47.7 Å². The highest BCUT2D eigenvalue weighted by molar-refractivity contribution is 6.33. The number of ether oxygens (including phenoxy) is 2. The van der Waals surface area contributed by atoms with Crippen molar-refractivity contribution in [3.8, 4) is 0 Å². The van der Waals surface area contributed by atoms with Crippen LogP contribution in [0.25, 0.3) is 0 Å². The number of ketones is 2. The van der Waals surface area contributed by atoms with E-state index in [0.29, 0.717) is 36.7 Å². The molecule has 5 aliphatic heterocycles. The van der Waals surface area contributed by atoms with Crippen LogP contribution in [-0.4, -0.2) is 95.8 Å². The second kappa shape index (κ2) is 20.4. The van der Waals surface area contributed by atoms with Gasteiger partial charge < -0.3 is 52.0 Å². The predicted octanol–water partition coefficient (Wildman–Crippen LogP) is 8.56. The summed E-state index contributed by atoms with van der Waals surface area (Å²) in [5.41, 5.74) is 9.12. The highest BCUT2D eigenvalue weighted by Crippen LogP contribution is 2.64. The number of nitrogens with two attached hydrogens (primary N) is 1. The van der Waals surface area contributed by atoms with Crippen LogP contribution < -0.4 is 32.3 Å². The zero-order valence-electron chi connectivity index (χ0n) is 47.4. The number of esters is 1. The number of allylic oxidation sites excluding steroid dienone is 8. The van der Waals surface area contributed by atoms with Gasteiger partial charge in [-0.15, -0.1) is 0 Å². The first-order valence-corrected chi connectivity index (χ1v) is 30.9. The Hall–Kier alpha value is -4.63. The lowest BCUT2D eigenvalue weighted by atomic mass is 9.49. The fourth-order valence-electron chi connectivity index (χ4n) is 18.9. The number of carbonyl (C=O) groups excluding carboxylic acids is 3. The molecule has 4 saturated carbocycles. The zero-order valence-corrected chi connectivity index (χ0v) is 47.4. The molecule has 13 heteroatoms. The Bertz CT molecular complexity index is 2890. The van der Waals surface area contributed by atoms with E-state index in [-0.39, 0.29) is 76.9 Å². The van der Waals surface area contributed by atoms with Gasteiger partial charge in [0.1, 0.15) is 11.9 Å². The molecule has 15 unspecified atom stereocenters. The van der Waals surface area contributed by atoms with Crippen LogP contribution in [0.3, 0.4) is 0 Å². The maximum Gasteiger partial charge on any atom is 0.350 e. The molecule has 79 heavy (non-hydrogen) atoms. The minimum Gasteiger partial charge on any atom is -0.459 e. The van der Waals surface area contributed by atoms with Crippen LogP contribution in [0.1, 0.15) is 169 Å². The van der Waals surface area contributed by atoms with Gasteiger partial charge in [-0.25, -0.2) is 4.79 Å². The number of hydrogen-bond acceptors (Lipinski definition) is 13. The molecule has 5 heterocycles. The maximum absolute atomic E-state index is 16.4. The van der Waals surface area contributed by atoms with Crippen LogP contribution in [-0.2, 0) is 20.7 Å². The van der Waals surface area contributed by atoms with Gasteiger partial charge in [0.25, 0.3) is 5.60 Å². The number of carbonyl (C=O) groups is 3. The van der Waals surface area contributed by atoms with E-state index in [9.17, 15) is 10.2 Å². The molecule has 0 aromatic heterocycles. The number of aliphatic hydroxyl groups is 2. The molecule has 13 nitrogen and oxygen atoms in total. The molecule has 1 saturated heterocycles. The predicted molar refractivity (Wildman–Crippen MR) is 305 cm³/mol. The second-order valence-corrected chi connectivity index (χ2v) is 27.3. The molecular formula is C66H88N6O7. The first kappa shape index (κ1) is 53.7. The minimum atomic E-state index is -2.26. The molecular weight excluding hydrogens is 989 g/mol. The average Bonchev–Trinajstić information content (AvgIpc) is 2.33. The molecule has 13 rings (SSSR count). The third kappa shape index (κ3) is 8.78. The Kier molecular flexibility index (Phi) is 13.8. The van der Waals surface area contributed by atoms with E-state index >= 15 is 14.4 Å². The molecule has 424 valence electrons. The Balaban J connectivity index is 0.921. The smallest absolute Gasteiger partial charge is 0.350 e. The van der Waals surface area contributed by atoms with Crippen molar-refractivity contribution in [2.75, 3.05) is 26.7 Å². The van der Waals surface area contributed by atoms with Gasteiger partial charge in [-0.1, -0.05) is 93.7 Å². The van der Waals surface area contributed by atoms with Gasteiger partial charge in [-0.2, -0.15) is 0 Å². The molecule has 1 aromatic carbocycles. The summed E-state index contributed by atoms with van der Waals surface area (Å²) in [6.45, 7) is 7.63. The van der Waals surface area contributed by atoms with Crippen molar-refractivity contribution >= 4 is 17.5 Å². The second-order valence-electron chi connectivity index (χ2n) is 27.3. The Morgan fingerprint density at radius 1 is 0.975 bits per heavy atom. The summed E-state index contributed by atoms with van der Waals surface area (Å²) < 4.78 is 14.2. The number of nitrogens with one attached hydrogen (secondary N) is 5. The van der Waals surface area contributed by atoms with E-state index in [1.54, 1.807) is 6.07 Å². The lowest BCUT2D eigenvalue weighted by Crippen LogP contribution is -2.66. The fourth-order valence-corrected chi connectivity index (χ4v) is 18.9. The minimum absolute atomic E-state index is 0.105. The van der Waals surface area contributed by atoms with Crippen molar-refractivity contribution in [3.63, 3.8) is 0 Å². The quantitative estimate of drug-likeness (QED) is 0.0481. The molecule has 2 spiro atoms. The maximum atomic E-state index is 16.4. The number of dihydropyridines is 2. The normalized spacial score (nSPS) is 40.9. The van der Waals surface area contributed by atoms with Gasteiger partial charge in [0.2, 0.25) is 5.78 Å². The summed E-state index contributed by atoms with van der Waals surface area (Å²) in [4.78, 5) is 48.7. The Morgan fingerprint density at radius 2 is 1.81 bits per heavy atom. The number of Topliss-reactive ketones (excluding diaryl/α,β-unsaturated/α-hetero) is 2. The van der Waals surface area contributed by atoms with Gasteiger partial charge in [0.15, 0.2) is 11.4 Å². The molecule has 7 aliphatic carbocycles. The van der Waals surface area contributed by atoms with Crippen molar-refractivity contribution in [2.45, 2.75) is 190 Å². The molecule has 15 atom stereocenters. The van der Waals surface area contributed by atoms with E-state index in [0.717, 1.165) is 138 Å². The van der Waals surface area contributed by atoms with Crippen molar-refractivity contribution in [3.05, 3.63) is 117 Å². The van der Waals surface area contributed by atoms with Crippen LogP contribution in [0.4, 0.5) is 0 Å². The molecule has 12 aliphatic rings. The third-order valence-corrected chi connectivity index (χ3v) is 22.8. The molecule has 0 amide bonds. The number of likely N-dealkylation sites (N-methyl/N-ethyl adjacent to an activating group) is 1. The fraction of sp³-hybridized carbons (Fsp3) is 0.652. The van der Waals surface area contributed by atoms with E-state index < -0.39 is 46.5 Å². The van der Waals surface area contributed by atoms with Gasteiger partial charge in [-0.05, 0) is 197 Å². The van der Waals surface area contributed by atoms with Crippen molar-refractivity contribution in [1.29, 1.82) is 0 Å². The van der Waals surface area contributed by atoms with Gasteiger partial charge in [-0.3, -0.25) is 9.59 Å². The first-order valence-electron chi connectivity index (χ1n) is 30.9. The van der Waals surface area contributed by atoms with E-state index in [4.69, 9.17) is 15.2 Å². The lowest BCUT2D eigenvalue weighted by molar-refractivity contribution is -0.183. The standard InChI is InChI=1S/C66H88N6O7/c1-5-71-64-33-43-14-10-13-40-12-6-7-22-62(3,30-39-17-20-53(67)70-36-39)31-44-15-11-16-48-55(44)59(76)66(61(77)78-57(51(64)28-49(40)43)50-29-52(74)63(23-8-9-24-63)32-45(50)34-64)65(79-66,58(48)75)35-46(37-73)38(2)26-41-18-19-42-27-54(68-4)72-60-56(42)47(41)21-25-69-60/h10-11,14-17,20-21,33,36,40-42,45,49-54,57,68-74H,5-9,12-13,18-19,22-32,34-35,37,67H2,1-4H3. The molecule has 9 N–H and O–H groups in total. The number of aliphatic hydroxyl groups excluding tert-OH is 2. The van der Waals surface area contributed by atoms with Crippen LogP contribution >= 0.6 is 0 Å². The summed E-state index contributed by atoms with van der Waals surface area (Å²) >= 11 is 0. The number of benzene rings is 1. The third-order valence-electron chi connectivity index (χ3n) is 22.8. The summed E-state index contributed by atoms with van der Waals surface area (Å²) in [6, 6.07) is 5.61. The SMILES string of the molecule is CCNC12C=C3C=CCC4CCCCC(C)(CC5=CNC(N)C=C5)Cc5cccc6c5C(=O)C5(OC5(CC(CO)=C(C)CC5CCC7CC(NC)NC8=C7C5=CCN8)C6=O)C(=O)OC(C5CC(O)C6(CCCC6)CC5C1)C2CC34. The zero-order chi connectivity index (χ0) is 54.6. The van der Waals surface area contributed by atoms with Crippen molar-refractivity contribution < 1.29 is 34.1 Å². The van der Waals surface area contributed by atoms with Gasteiger partial charge >= 0.3 is 5.97 Å². The van der Waals surface area contributed by atoms with Crippen LogP contribution in [0.5, 0.6) is 0 Å². The van der Waals surface area contributed by atoms with Crippen LogP contribution in [0, 0.1) is 52.3 Å². The average molecular weight is 1080 g/mol. The number of epoxide rings is 1. The van der Waals surface area contributed by atoms with E-state index in [1.807, 2.05) is 38.4 Å². The van der Waals surface area contributed by atoms with Crippen molar-refractivity contribution in [2.24, 2.45) is 58.0 Å². The van der Waals surface area contributed by atoms with Gasteiger partial charge in [0.05, 0.1) is 25.0 Å². The summed E-state index contributed by atoms with van der Waals surface area (Å²) in [6.07, 6.45) is 31.7. The van der Waals surface area contributed by atoms with Crippen molar-refractivity contribution in [1.82, 2.24) is 26.6 Å². The first-order chi connectivity index (χ1) is 38.2. The van der Waals surface area contributed by atoms with E-state index in [1.165, 1.54) is 16.7 Å². The summed E-state index contributed by atoms with van der Waals surface area (Å²) in [5.74, 6) is 0.595. The molecule has 4 bridgehead atoms. The highest BCUT2D eigenvalue weighted by Gasteiger charge is 2.86. The molecule has 1 aromatic rings. The number of hydrogen-bond donors (Lipinski definition) is 8.